The van der Waals surface area contributed by atoms with E-state index in [4.69, 9.17) is 9.52 Å². The lowest BCUT2D eigenvalue weighted by molar-refractivity contribution is -0.384. The van der Waals surface area contributed by atoms with Crippen LogP contribution >= 0.6 is 15.9 Å². The summed E-state index contributed by atoms with van der Waals surface area (Å²) in [5, 5.41) is 19.9. The van der Waals surface area contributed by atoms with Crippen LogP contribution in [0.25, 0.3) is 11.3 Å². The van der Waals surface area contributed by atoms with Gasteiger partial charge < -0.3 is 9.52 Å². The predicted molar refractivity (Wildman–Crippen MR) is 65.5 cm³/mol. The maximum atomic E-state index is 11.0. The summed E-state index contributed by atoms with van der Waals surface area (Å²) in [7, 11) is 0. The Kier molecular flexibility index (Phi) is 3.15. The van der Waals surface area contributed by atoms with Crippen molar-refractivity contribution in [1.82, 2.24) is 0 Å². The van der Waals surface area contributed by atoms with Gasteiger partial charge in [0.1, 0.15) is 11.3 Å². The third-order valence-corrected chi connectivity index (χ3v) is 2.91. The van der Waals surface area contributed by atoms with Crippen LogP contribution in [0.3, 0.4) is 0 Å². The molecule has 0 bridgehead atoms. The Labute approximate surface area is 109 Å². The summed E-state index contributed by atoms with van der Waals surface area (Å²) in [5.41, 5.74) is -0.268. The van der Waals surface area contributed by atoms with Gasteiger partial charge in [-0.3, -0.25) is 10.1 Å². The normalized spacial score (nSPS) is 10.3. The summed E-state index contributed by atoms with van der Waals surface area (Å²) in [6.45, 7) is 0. The number of halogens is 1. The summed E-state index contributed by atoms with van der Waals surface area (Å²) >= 11 is 3.13. The number of hydrogen-bond acceptors (Lipinski definition) is 4. The van der Waals surface area contributed by atoms with Crippen LogP contribution in [-0.2, 0) is 0 Å². The van der Waals surface area contributed by atoms with Gasteiger partial charge in [0, 0.05) is 10.5 Å². The second-order valence-corrected chi connectivity index (χ2v) is 4.25. The van der Waals surface area contributed by atoms with Crippen molar-refractivity contribution in [3.63, 3.8) is 0 Å². The zero-order valence-corrected chi connectivity index (χ0v) is 10.4. The molecular weight excluding hydrogens is 306 g/mol. The molecule has 1 N–H and O–H groups in total. The maximum absolute atomic E-state index is 11.0. The third kappa shape index (κ3) is 2.12. The quantitative estimate of drug-likeness (QED) is 0.693. The molecule has 0 aliphatic rings. The van der Waals surface area contributed by atoms with Crippen molar-refractivity contribution in [2.24, 2.45) is 0 Å². The van der Waals surface area contributed by atoms with Crippen LogP contribution < -0.4 is 0 Å². The number of nitro benzene ring substituents is 1. The summed E-state index contributed by atoms with van der Waals surface area (Å²) in [5.74, 6) is -0.935. The number of carboxylic acid groups (broad SMARTS) is 1. The van der Waals surface area contributed by atoms with E-state index in [-0.39, 0.29) is 16.8 Å². The second kappa shape index (κ2) is 4.61. The molecule has 0 aliphatic carbocycles. The molecule has 0 saturated heterocycles. The van der Waals surface area contributed by atoms with Gasteiger partial charge in [-0.2, -0.15) is 0 Å². The van der Waals surface area contributed by atoms with E-state index in [1.165, 1.54) is 12.3 Å². The van der Waals surface area contributed by atoms with Gasteiger partial charge in [0.25, 0.3) is 5.69 Å². The predicted octanol–water partition coefficient (Wildman–Crippen LogP) is 3.32. The van der Waals surface area contributed by atoms with Crippen LogP contribution in [0.5, 0.6) is 0 Å². The van der Waals surface area contributed by atoms with Crippen molar-refractivity contribution < 1.29 is 19.2 Å². The number of furan rings is 1. The molecule has 18 heavy (non-hydrogen) atoms. The first-order valence-electron chi connectivity index (χ1n) is 4.76. The van der Waals surface area contributed by atoms with Crippen molar-refractivity contribution in [3.05, 3.63) is 50.7 Å². The Hall–Kier alpha value is -2.15. The molecule has 0 amide bonds. The SMILES string of the molecule is O=C(O)c1cc(Br)c(-c2ccco2)c([N+](=O)[O-])c1. The Balaban J connectivity index is 2.73. The Bertz CT molecular complexity index is 621. The zero-order chi connectivity index (χ0) is 13.3. The molecule has 1 heterocycles. The van der Waals surface area contributed by atoms with Gasteiger partial charge in [-0.05, 0) is 34.1 Å². The first kappa shape index (κ1) is 12.3. The maximum Gasteiger partial charge on any atom is 0.335 e. The number of nitro groups is 1. The molecule has 0 atom stereocenters. The van der Waals surface area contributed by atoms with Crippen molar-refractivity contribution >= 4 is 27.6 Å². The minimum Gasteiger partial charge on any atom is -0.478 e. The van der Waals surface area contributed by atoms with Gasteiger partial charge in [-0.15, -0.1) is 0 Å². The number of nitrogens with zero attached hydrogens (tertiary/aromatic N) is 1. The highest BCUT2D eigenvalue weighted by atomic mass is 79.9. The highest BCUT2D eigenvalue weighted by molar-refractivity contribution is 9.10. The first-order chi connectivity index (χ1) is 8.50. The van der Waals surface area contributed by atoms with Gasteiger partial charge in [0.05, 0.1) is 16.7 Å². The lowest BCUT2D eigenvalue weighted by Gasteiger charge is -2.04. The van der Waals surface area contributed by atoms with E-state index in [0.29, 0.717) is 10.2 Å². The smallest absolute Gasteiger partial charge is 0.335 e. The fourth-order valence-electron chi connectivity index (χ4n) is 1.52. The number of aromatic carboxylic acids is 1. The molecule has 0 saturated carbocycles. The average molecular weight is 312 g/mol. The molecule has 0 fully saturated rings. The van der Waals surface area contributed by atoms with E-state index in [1.54, 1.807) is 12.1 Å². The number of benzene rings is 1. The topological polar surface area (TPSA) is 93.6 Å². The second-order valence-electron chi connectivity index (χ2n) is 3.39. The summed E-state index contributed by atoms with van der Waals surface area (Å²) in [6, 6.07) is 5.46. The van der Waals surface area contributed by atoms with E-state index >= 15 is 0 Å². The van der Waals surface area contributed by atoms with E-state index < -0.39 is 10.9 Å². The van der Waals surface area contributed by atoms with Crippen LogP contribution in [0.1, 0.15) is 10.4 Å². The molecule has 0 aliphatic heterocycles. The number of carbonyl (C=O) groups is 1. The molecule has 2 rings (SSSR count). The molecule has 2 aromatic rings. The lowest BCUT2D eigenvalue weighted by atomic mass is 10.1. The molecular formula is C11H6BrNO5. The summed E-state index contributed by atoms with van der Waals surface area (Å²) in [6.07, 6.45) is 1.39. The van der Waals surface area contributed by atoms with Crippen LogP contribution in [0.2, 0.25) is 0 Å². The van der Waals surface area contributed by atoms with Crippen LogP contribution in [0, 0.1) is 10.1 Å². The molecule has 6 nitrogen and oxygen atoms in total. The molecule has 0 spiro atoms. The van der Waals surface area contributed by atoms with Crippen LogP contribution in [0.15, 0.2) is 39.4 Å². The summed E-state index contributed by atoms with van der Waals surface area (Å²) < 4.78 is 5.41. The van der Waals surface area contributed by atoms with E-state index in [1.807, 2.05) is 0 Å². The molecule has 7 heteroatoms. The molecule has 1 aromatic carbocycles. The monoisotopic (exact) mass is 311 g/mol. The van der Waals surface area contributed by atoms with Crippen LogP contribution in [0.4, 0.5) is 5.69 Å². The Morgan fingerprint density at radius 1 is 1.44 bits per heavy atom. The number of hydrogen-bond donors (Lipinski definition) is 1. The van der Waals surface area contributed by atoms with Crippen molar-refractivity contribution in [3.8, 4) is 11.3 Å². The molecule has 1 aromatic heterocycles. The fraction of sp³-hybridized carbons (Fsp3) is 0. The first-order valence-corrected chi connectivity index (χ1v) is 5.55. The largest absolute Gasteiger partial charge is 0.478 e. The highest BCUT2D eigenvalue weighted by Crippen LogP contribution is 2.37. The standard InChI is InChI=1S/C11H6BrNO5/c12-7-4-6(11(14)15)5-8(13(16)17)10(7)9-2-1-3-18-9/h1-5H,(H,14,15). The third-order valence-electron chi connectivity index (χ3n) is 2.28. The Morgan fingerprint density at radius 2 is 2.17 bits per heavy atom. The highest BCUT2D eigenvalue weighted by Gasteiger charge is 2.23. The zero-order valence-electron chi connectivity index (χ0n) is 8.79. The fourth-order valence-corrected chi connectivity index (χ4v) is 2.17. The van der Waals surface area contributed by atoms with E-state index in [9.17, 15) is 14.9 Å². The van der Waals surface area contributed by atoms with Crippen LogP contribution in [-0.4, -0.2) is 16.0 Å². The number of carboxylic acids is 1. The molecule has 0 radical (unpaired) electrons. The van der Waals surface area contributed by atoms with Crippen molar-refractivity contribution in [2.75, 3.05) is 0 Å². The molecule has 0 unspecified atom stereocenters. The van der Waals surface area contributed by atoms with Gasteiger partial charge in [0.2, 0.25) is 0 Å². The van der Waals surface area contributed by atoms with E-state index in [0.717, 1.165) is 6.07 Å². The van der Waals surface area contributed by atoms with E-state index in [2.05, 4.69) is 15.9 Å². The van der Waals surface area contributed by atoms with Crippen molar-refractivity contribution in [1.29, 1.82) is 0 Å². The minimum atomic E-state index is -1.23. The Morgan fingerprint density at radius 3 is 2.67 bits per heavy atom. The molecule has 92 valence electrons. The average Bonchev–Trinajstić information content (AvgIpc) is 2.80. The van der Waals surface area contributed by atoms with Gasteiger partial charge >= 0.3 is 5.97 Å². The van der Waals surface area contributed by atoms with Gasteiger partial charge in [0.15, 0.2) is 0 Å². The van der Waals surface area contributed by atoms with Crippen molar-refractivity contribution in [2.45, 2.75) is 0 Å². The van der Waals surface area contributed by atoms with Gasteiger partial charge in [-0.25, -0.2) is 4.79 Å². The number of rotatable bonds is 3. The van der Waals surface area contributed by atoms with Gasteiger partial charge in [-0.1, -0.05) is 0 Å². The summed E-state index contributed by atoms with van der Waals surface area (Å²) in [4.78, 5) is 21.2. The lowest BCUT2D eigenvalue weighted by Crippen LogP contribution is -2.00. The minimum absolute atomic E-state index is 0.163.